The van der Waals surface area contributed by atoms with E-state index in [2.05, 4.69) is 10.3 Å². The van der Waals surface area contributed by atoms with Crippen LogP contribution in [0.15, 0.2) is 71.5 Å². The van der Waals surface area contributed by atoms with Gasteiger partial charge >= 0.3 is 6.18 Å². The first-order chi connectivity index (χ1) is 14.8. The van der Waals surface area contributed by atoms with Crippen molar-refractivity contribution < 1.29 is 22.7 Å². The first-order valence-corrected chi connectivity index (χ1v) is 9.14. The van der Waals surface area contributed by atoms with Crippen LogP contribution >= 0.6 is 0 Å². The van der Waals surface area contributed by atoms with Crippen LogP contribution < -0.4 is 15.6 Å². The summed E-state index contributed by atoms with van der Waals surface area (Å²) in [5, 5.41) is 3.28. The zero-order valence-corrected chi connectivity index (χ0v) is 16.2. The minimum Gasteiger partial charge on any atom is -0.497 e. The highest BCUT2D eigenvalue weighted by Crippen LogP contribution is 2.30. The summed E-state index contributed by atoms with van der Waals surface area (Å²) in [6.07, 6.45) is -4.48. The summed E-state index contributed by atoms with van der Waals surface area (Å²) >= 11 is 0. The first-order valence-electron chi connectivity index (χ1n) is 9.14. The lowest BCUT2D eigenvalue weighted by atomic mass is 10.2. The van der Waals surface area contributed by atoms with Gasteiger partial charge in [-0.3, -0.25) is 14.2 Å². The van der Waals surface area contributed by atoms with Gasteiger partial charge in [-0.2, -0.15) is 13.2 Å². The Morgan fingerprint density at radius 2 is 1.77 bits per heavy atom. The van der Waals surface area contributed by atoms with E-state index in [0.29, 0.717) is 22.5 Å². The predicted molar refractivity (Wildman–Crippen MR) is 110 cm³/mol. The number of aromatic amines is 1. The highest BCUT2D eigenvalue weighted by Gasteiger charge is 2.30. The van der Waals surface area contributed by atoms with Gasteiger partial charge in [-0.05, 0) is 48.5 Å². The van der Waals surface area contributed by atoms with Gasteiger partial charge in [0.1, 0.15) is 17.1 Å². The zero-order valence-electron chi connectivity index (χ0n) is 16.2. The van der Waals surface area contributed by atoms with Crippen molar-refractivity contribution in [3.05, 3.63) is 88.3 Å². The number of amides is 1. The van der Waals surface area contributed by atoms with Crippen LogP contribution in [-0.2, 0) is 6.18 Å². The van der Waals surface area contributed by atoms with E-state index in [1.165, 1.54) is 35.9 Å². The number of carbonyl (C=O) groups is 1. The van der Waals surface area contributed by atoms with E-state index >= 15 is 0 Å². The van der Waals surface area contributed by atoms with Crippen LogP contribution in [0.1, 0.15) is 16.1 Å². The van der Waals surface area contributed by atoms with Gasteiger partial charge in [0.15, 0.2) is 0 Å². The molecule has 2 aromatic carbocycles. The summed E-state index contributed by atoms with van der Waals surface area (Å²) in [5.41, 5.74) is -0.0318. The number of rotatable bonds is 4. The molecule has 2 N–H and O–H groups in total. The van der Waals surface area contributed by atoms with Crippen LogP contribution in [0.3, 0.4) is 0 Å². The van der Waals surface area contributed by atoms with Crippen molar-refractivity contribution in [2.75, 3.05) is 12.4 Å². The van der Waals surface area contributed by atoms with Crippen LogP contribution in [0.4, 0.5) is 18.9 Å². The summed E-state index contributed by atoms with van der Waals surface area (Å²) < 4.78 is 44.9. The summed E-state index contributed by atoms with van der Waals surface area (Å²) in [7, 11) is 1.51. The quantitative estimate of drug-likeness (QED) is 0.500. The molecule has 4 aromatic rings. The van der Waals surface area contributed by atoms with Crippen molar-refractivity contribution >= 4 is 22.6 Å². The molecule has 0 unspecified atom stereocenters. The first kappa shape index (κ1) is 20.3. The van der Waals surface area contributed by atoms with Gasteiger partial charge in [-0.25, -0.2) is 0 Å². The second-order valence-electron chi connectivity index (χ2n) is 6.72. The fourth-order valence-corrected chi connectivity index (χ4v) is 3.19. The molecule has 2 aromatic heterocycles. The van der Waals surface area contributed by atoms with Crippen LogP contribution in [0, 0.1) is 0 Å². The Bertz CT molecular complexity index is 1320. The molecule has 6 nitrogen and oxygen atoms in total. The molecule has 0 fully saturated rings. The van der Waals surface area contributed by atoms with Crippen molar-refractivity contribution in [2.45, 2.75) is 6.18 Å². The normalized spacial score (nSPS) is 11.5. The summed E-state index contributed by atoms with van der Waals surface area (Å²) in [6.45, 7) is 0. The number of pyridine rings is 1. The van der Waals surface area contributed by atoms with Crippen molar-refractivity contribution in [2.24, 2.45) is 0 Å². The molecule has 4 rings (SSSR count). The molecule has 1 amide bonds. The third-order valence-electron chi connectivity index (χ3n) is 4.70. The summed E-state index contributed by atoms with van der Waals surface area (Å²) in [6, 6.07) is 15.4. The molecule has 0 atom stereocenters. The number of H-pyrrole nitrogens is 1. The smallest absolute Gasteiger partial charge is 0.416 e. The van der Waals surface area contributed by atoms with Gasteiger partial charge < -0.3 is 15.0 Å². The van der Waals surface area contributed by atoms with E-state index in [1.807, 2.05) is 0 Å². The lowest BCUT2D eigenvalue weighted by Crippen LogP contribution is -2.18. The second kappa shape index (κ2) is 7.67. The number of fused-ring (bicyclic) bond motifs is 1. The Labute approximate surface area is 173 Å². The molecule has 2 heterocycles. The molecule has 0 bridgehead atoms. The second-order valence-corrected chi connectivity index (χ2v) is 6.72. The van der Waals surface area contributed by atoms with Gasteiger partial charge in [0.25, 0.3) is 11.5 Å². The lowest BCUT2D eigenvalue weighted by molar-refractivity contribution is -0.137. The van der Waals surface area contributed by atoms with Crippen molar-refractivity contribution in [3.8, 4) is 11.4 Å². The zero-order chi connectivity index (χ0) is 22.2. The minimum absolute atomic E-state index is 0.184. The average molecular weight is 427 g/mol. The molecule has 9 heteroatoms. The van der Waals surface area contributed by atoms with Crippen LogP contribution in [0.2, 0.25) is 0 Å². The van der Waals surface area contributed by atoms with E-state index in [0.717, 1.165) is 12.1 Å². The Balaban J connectivity index is 1.71. The Kier molecular flexibility index (Phi) is 5.02. The number of ether oxygens (including phenoxy) is 1. The number of benzene rings is 2. The van der Waals surface area contributed by atoms with Gasteiger partial charge in [-0.15, -0.1) is 0 Å². The number of halogens is 3. The molecular weight excluding hydrogens is 411 g/mol. The van der Waals surface area contributed by atoms with Gasteiger partial charge in [-0.1, -0.05) is 6.07 Å². The largest absolute Gasteiger partial charge is 0.497 e. The van der Waals surface area contributed by atoms with Gasteiger partial charge in [0.2, 0.25) is 0 Å². The van der Waals surface area contributed by atoms with Crippen molar-refractivity contribution in [1.29, 1.82) is 0 Å². The molecule has 0 spiro atoms. The maximum Gasteiger partial charge on any atom is 0.416 e. The van der Waals surface area contributed by atoms with Gasteiger partial charge in [0, 0.05) is 23.2 Å². The van der Waals surface area contributed by atoms with E-state index in [9.17, 15) is 22.8 Å². The van der Waals surface area contributed by atoms with Crippen LogP contribution in [0.5, 0.6) is 5.75 Å². The fourth-order valence-electron chi connectivity index (χ4n) is 3.19. The SMILES string of the molecule is COc1cccc(NC(=O)c2cc3ccc(=O)n(-c4ccc(C(F)(F)F)cc4)c3[nH]2)c1. The molecule has 0 aliphatic rings. The topological polar surface area (TPSA) is 76.1 Å². The van der Waals surface area contributed by atoms with Crippen LogP contribution in [-0.4, -0.2) is 22.6 Å². The summed E-state index contributed by atoms with van der Waals surface area (Å²) in [4.78, 5) is 28.0. The maximum atomic E-state index is 12.8. The Morgan fingerprint density at radius 3 is 2.45 bits per heavy atom. The molecule has 0 saturated heterocycles. The highest BCUT2D eigenvalue weighted by molar-refractivity contribution is 6.05. The Hall–Kier alpha value is -4.01. The standard InChI is InChI=1S/C22H16F3N3O3/c1-31-17-4-2-3-15(12-17)26-21(30)18-11-13-5-10-19(29)28(20(13)27-18)16-8-6-14(7-9-16)22(23,24)25/h2-12,27H,1H3,(H,26,30). The molecule has 0 aliphatic carbocycles. The number of hydrogen-bond acceptors (Lipinski definition) is 3. The summed E-state index contributed by atoms with van der Waals surface area (Å²) in [5.74, 6) is 0.126. The lowest BCUT2D eigenvalue weighted by Gasteiger charge is -2.10. The Morgan fingerprint density at radius 1 is 1.03 bits per heavy atom. The highest BCUT2D eigenvalue weighted by atomic mass is 19.4. The molecule has 0 radical (unpaired) electrons. The van der Waals surface area contributed by atoms with Crippen molar-refractivity contribution in [1.82, 2.24) is 9.55 Å². The molecule has 0 aliphatic heterocycles. The fraction of sp³-hybridized carbons (Fsp3) is 0.0909. The minimum atomic E-state index is -4.48. The average Bonchev–Trinajstić information content (AvgIpc) is 3.18. The number of anilines is 1. The number of aromatic nitrogens is 2. The van der Waals surface area contributed by atoms with E-state index in [-0.39, 0.29) is 11.4 Å². The number of nitrogens with zero attached hydrogens (tertiary/aromatic N) is 1. The molecule has 158 valence electrons. The van der Waals surface area contributed by atoms with Crippen LogP contribution in [0.25, 0.3) is 16.7 Å². The molecular formula is C22H16F3N3O3. The number of alkyl halides is 3. The molecule has 31 heavy (non-hydrogen) atoms. The molecule has 0 saturated carbocycles. The number of methoxy groups -OCH3 is 1. The van der Waals surface area contributed by atoms with Gasteiger partial charge in [0.05, 0.1) is 18.4 Å². The third-order valence-corrected chi connectivity index (χ3v) is 4.70. The van der Waals surface area contributed by atoms with E-state index in [4.69, 9.17) is 4.74 Å². The van der Waals surface area contributed by atoms with Crippen molar-refractivity contribution in [3.63, 3.8) is 0 Å². The number of hydrogen-bond donors (Lipinski definition) is 2. The monoisotopic (exact) mass is 427 g/mol. The number of carbonyl (C=O) groups excluding carboxylic acids is 1. The van der Waals surface area contributed by atoms with E-state index < -0.39 is 23.2 Å². The van der Waals surface area contributed by atoms with E-state index in [1.54, 1.807) is 30.3 Å². The number of nitrogens with one attached hydrogen (secondary N) is 2. The third kappa shape index (κ3) is 4.02. The maximum absolute atomic E-state index is 12.8. The predicted octanol–water partition coefficient (Wildman–Crippen LogP) is 4.60.